The first-order valence-electron chi connectivity index (χ1n) is 8.17. The van der Waals surface area contributed by atoms with E-state index in [1.165, 1.54) is 7.11 Å². The van der Waals surface area contributed by atoms with Crippen LogP contribution in [0, 0.1) is 5.41 Å². The number of ether oxygens (including phenoxy) is 3. The summed E-state index contributed by atoms with van der Waals surface area (Å²) >= 11 is 0. The van der Waals surface area contributed by atoms with Crippen LogP contribution in [0.2, 0.25) is 0 Å². The molecule has 1 heterocycles. The van der Waals surface area contributed by atoms with E-state index in [-0.39, 0.29) is 25.5 Å². The Morgan fingerprint density at radius 3 is 2.52 bits per heavy atom. The van der Waals surface area contributed by atoms with Crippen LogP contribution in [0.5, 0.6) is 11.5 Å². The first-order chi connectivity index (χ1) is 12.0. The van der Waals surface area contributed by atoms with Gasteiger partial charge in [-0.05, 0) is 30.5 Å². The average molecular weight is 351 g/mol. The molecule has 1 atom stereocenters. The van der Waals surface area contributed by atoms with E-state index >= 15 is 0 Å². The summed E-state index contributed by atoms with van der Waals surface area (Å²) in [5, 5.41) is 9.59. The van der Waals surface area contributed by atoms with E-state index < -0.39 is 11.4 Å². The van der Waals surface area contributed by atoms with E-state index in [0.29, 0.717) is 30.9 Å². The van der Waals surface area contributed by atoms with Gasteiger partial charge in [-0.15, -0.1) is 0 Å². The number of nitrogens with zero attached hydrogens (tertiary/aromatic N) is 1. The third kappa shape index (κ3) is 4.22. The zero-order chi connectivity index (χ0) is 18.4. The van der Waals surface area contributed by atoms with E-state index in [9.17, 15) is 14.7 Å². The normalized spacial score (nSPS) is 20.2. The van der Waals surface area contributed by atoms with Gasteiger partial charge in [0.05, 0.1) is 27.2 Å². The van der Waals surface area contributed by atoms with Gasteiger partial charge in [0.25, 0.3) is 0 Å². The highest BCUT2D eigenvalue weighted by molar-refractivity contribution is 5.81. The van der Waals surface area contributed by atoms with Crippen LogP contribution in [0.1, 0.15) is 18.4 Å². The number of carbonyl (C=O) groups is 2. The largest absolute Gasteiger partial charge is 0.493 e. The number of amides is 1. The van der Waals surface area contributed by atoms with Crippen molar-refractivity contribution >= 4 is 11.9 Å². The fourth-order valence-electron chi connectivity index (χ4n) is 3.25. The van der Waals surface area contributed by atoms with Crippen LogP contribution in [-0.4, -0.2) is 62.9 Å². The predicted molar refractivity (Wildman–Crippen MR) is 91.0 cm³/mol. The van der Waals surface area contributed by atoms with Crippen LogP contribution in [0.3, 0.4) is 0 Å². The van der Waals surface area contributed by atoms with Gasteiger partial charge in [-0.2, -0.15) is 0 Å². The molecule has 138 valence electrons. The molecule has 7 heteroatoms. The van der Waals surface area contributed by atoms with Crippen LogP contribution >= 0.6 is 0 Å². The fourth-order valence-corrected chi connectivity index (χ4v) is 3.25. The molecule has 0 aromatic heterocycles. The number of carbonyl (C=O) groups excluding carboxylic acids is 1. The number of hydrogen-bond acceptors (Lipinski definition) is 5. The van der Waals surface area contributed by atoms with Crippen molar-refractivity contribution in [2.75, 3.05) is 41.0 Å². The molecule has 0 aliphatic carbocycles. The third-order valence-electron chi connectivity index (χ3n) is 4.61. The molecule has 1 unspecified atom stereocenters. The number of likely N-dealkylation sites (tertiary alicyclic amines) is 1. The van der Waals surface area contributed by atoms with E-state index in [1.807, 2.05) is 6.07 Å². The predicted octanol–water partition coefficient (Wildman–Crippen LogP) is 1.59. The van der Waals surface area contributed by atoms with Crippen molar-refractivity contribution in [1.29, 1.82) is 0 Å². The maximum Gasteiger partial charge on any atom is 0.313 e. The Morgan fingerprint density at radius 1 is 1.20 bits per heavy atom. The average Bonchev–Trinajstić information content (AvgIpc) is 2.61. The molecule has 0 radical (unpaired) electrons. The number of carboxylic acid groups (broad SMARTS) is 1. The third-order valence-corrected chi connectivity index (χ3v) is 4.61. The lowest BCUT2D eigenvalue weighted by atomic mass is 9.80. The number of hydrogen-bond donors (Lipinski definition) is 1. The molecule has 1 aliphatic heterocycles. The van der Waals surface area contributed by atoms with Crippen LogP contribution < -0.4 is 9.47 Å². The monoisotopic (exact) mass is 351 g/mol. The number of carboxylic acids is 1. The lowest BCUT2D eigenvalue weighted by molar-refractivity contribution is -0.159. The summed E-state index contributed by atoms with van der Waals surface area (Å²) in [6.07, 6.45) is 1.34. The standard InChI is InChI=1S/C18H25NO6/c1-23-12-18(17(21)22)7-4-8-19(11-18)16(20)10-13-5-6-14(24-2)15(9-13)25-3/h5-6,9H,4,7-8,10-12H2,1-3H3,(H,21,22). The molecule has 0 spiro atoms. The van der Waals surface area contributed by atoms with Crippen molar-refractivity contribution in [2.45, 2.75) is 19.3 Å². The van der Waals surface area contributed by atoms with Crippen molar-refractivity contribution in [3.8, 4) is 11.5 Å². The molecular weight excluding hydrogens is 326 g/mol. The molecule has 1 N–H and O–H groups in total. The van der Waals surface area contributed by atoms with Gasteiger partial charge >= 0.3 is 5.97 Å². The highest BCUT2D eigenvalue weighted by Crippen LogP contribution is 2.32. The van der Waals surface area contributed by atoms with Gasteiger partial charge in [-0.3, -0.25) is 9.59 Å². The second-order valence-corrected chi connectivity index (χ2v) is 6.30. The van der Waals surface area contributed by atoms with Gasteiger partial charge < -0.3 is 24.2 Å². The van der Waals surface area contributed by atoms with Gasteiger partial charge in [-0.1, -0.05) is 6.07 Å². The molecule has 25 heavy (non-hydrogen) atoms. The second-order valence-electron chi connectivity index (χ2n) is 6.30. The Hall–Kier alpha value is -2.28. The van der Waals surface area contributed by atoms with Gasteiger partial charge in [0.2, 0.25) is 5.91 Å². The molecule has 2 rings (SSSR count). The van der Waals surface area contributed by atoms with Crippen molar-refractivity contribution in [2.24, 2.45) is 5.41 Å². The summed E-state index contributed by atoms with van der Waals surface area (Å²) in [6.45, 7) is 0.829. The highest BCUT2D eigenvalue weighted by Gasteiger charge is 2.43. The first kappa shape index (κ1) is 19.1. The minimum atomic E-state index is -1.03. The number of aliphatic carboxylic acids is 1. The topological polar surface area (TPSA) is 85.3 Å². The molecule has 1 aliphatic rings. The molecule has 0 saturated carbocycles. The quantitative estimate of drug-likeness (QED) is 0.803. The van der Waals surface area contributed by atoms with Crippen molar-refractivity contribution in [1.82, 2.24) is 4.90 Å². The summed E-state index contributed by atoms with van der Waals surface area (Å²) in [4.78, 5) is 26.0. The van der Waals surface area contributed by atoms with E-state index in [1.54, 1.807) is 31.3 Å². The Balaban J connectivity index is 2.11. The maximum atomic E-state index is 12.7. The van der Waals surface area contributed by atoms with Gasteiger partial charge in [0, 0.05) is 20.2 Å². The Bertz CT molecular complexity index is 628. The summed E-state index contributed by atoms with van der Waals surface area (Å²) in [5.74, 6) is 0.138. The molecule has 0 bridgehead atoms. The summed E-state index contributed by atoms with van der Waals surface area (Å²) < 4.78 is 15.5. The summed E-state index contributed by atoms with van der Waals surface area (Å²) in [7, 11) is 4.58. The fraction of sp³-hybridized carbons (Fsp3) is 0.556. The second kappa shape index (κ2) is 8.20. The molecule has 7 nitrogen and oxygen atoms in total. The van der Waals surface area contributed by atoms with E-state index in [4.69, 9.17) is 14.2 Å². The SMILES string of the molecule is COCC1(C(=O)O)CCCN(C(=O)Cc2ccc(OC)c(OC)c2)C1. The van der Waals surface area contributed by atoms with Crippen LogP contribution in [0.15, 0.2) is 18.2 Å². The lowest BCUT2D eigenvalue weighted by Crippen LogP contribution is -2.52. The van der Waals surface area contributed by atoms with Crippen molar-refractivity contribution in [3.05, 3.63) is 23.8 Å². The van der Waals surface area contributed by atoms with Gasteiger partial charge in [0.15, 0.2) is 11.5 Å². The van der Waals surface area contributed by atoms with Crippen molar-refractivity contribution in [3.63, 3.8) is 0 Å². The zero-order valence-electron chi connectivity index (χ0n) is 14.9. The van der Waals surface area contributed by atoms with Gasteiger partial charge in [0.1, 0.15) is 5.41 Å². The van der Waals surface area contributed by atoms with Crippen LogP contribution in [0.4, 0.5) is 0 Å². The molecule has 1 saturated heterocycles. The maximum absolute atomic E-state index is 12.7. The molecule has 1 aromatic rings. The minimum Gasteiger partial charge on any atom is -0.493 e. The lowest BCUT2D eigenvalue weighted by Gasteiger charge is -2.39. The number of methoxy groups -OCH3 is 3. The zero-order valence-corrected chi connectivity index (χ0v) is 14.9. The molecule has 1 aromatic carbocycles. The minimum absolute atomic E-state index is 0.0997. The Kier molecular flexibility index (Phi) is 6.25. The van der Waals surface area contributed by atoms with Gasteiger partial charge in [-0.25, -0.2) is 0 Å². The number of benzene rings is 1. The summed E-state index contributed by atoms with van der Waals surface area (Å²) in [5.41, 5.74) is -0.235. The first-order valence-corrected chi connectivity index (χ1v) is 8.17. The van der Waals surface area contributed by atoms with Crippen LogP contribution in [0.25, 0.3) is 0 Å². The Labute approximate surface area is 147 Å². The summed E-state index contributed by atoms with van der Waals surface area (Å²) in [6, 6.07) is 5.33. The molecular formula is C18H25NO6. The number of piperidine rings is 1. The van der Waals surface area contributed by atoms with E-state index in [0.717, 1.165) is 5.56 Å². The highest BCUT2D eigenvalue weighted by atomic mass is 16.5. The van der Waals surface area contributed by atoms with E-state index in [2.05, 4.69) is 0 Å². The Morgan fingerprint density at radius 2 is 1.92 bits per heavy atom. The van der Waals surface area contributed by atoms with Crippen molar-refractivity contribution < 1.29 is 28.9 Å². The van der Waals surface area contributed by atoms with Crippen LogP contribution in [-0.2, 0) is 20.7 Å². The molecule has 1 amide bonds. The molecule has 1 fully saturated rings. The number of rotatable bonds is 7. The smallest absolute Gasteiger partial charge is 0.313 e.